The molecule has 1 aromatic carbocycles. The second-order valence-corrected chi connectivity index (χ2v) is 4.64. The van der Waals surface area contributed by atoms with E-state index in [1.165, 1.54) is 5.56 Å². The fourth-order valence-electron chi connectivity index (χ4n) is 2.12. The Kier molecular flexibility index (Phi) is 3.17. The van der Waals surface area contributed by atoms with E-state index in [2.05, 4.69) is 0 Å². The van der Waals surface area contributed by atoms with Crippen LogP contribution in [0.25, 0.3) is 0 Å². The smallest absolute Gasteiger partial charge is 0.321 e. The summed E-state index contributed by atoms with van der Waals surface area (Å²) in [5, 5.41) is 9.83. The van der Waals surface area contributed by atoms with E-state index in [0.717, 1.165) is 18.5 Å². The summed E-state index contributed by atoms with van der Waals surface area (Å²) in [7, 11) is 1.85. The number of nitrogens with zero attached hydrogens (tertiary/aromatic N) is 1. The van der Waals surface area contributed by atoms with Crippen molar-refractivity contribution in [2.24, 2.45) is 0 Å². The Bertz CT molecular complexity index is 419. The molecule has 1 aromatic rings. The molecule has 0 aliphatic carbocycles. The number of carboxylic acid groups (broad SMARTS) is 1. The second kappa shape index (κ2) is 4.44. The lowest BCUT2D eigenvalue weighted by molar-refractivity contribution is -0.142. The molecule has 0 bridgehead atoms. The molecule has 0 saturated carbocycles. The van der Waals surface area contributed by atoms with Crippen LogP contribution in [0, 0.1) is 0 Å². The summed E-state index contributed by atoms with van der Waals surface area (Å²) in [6, 6.07) is 5.29. The predicted molar refractivity (Wildman–Crippen MR) is 62.9 cm³/mol. The van der Waals surface area contributed by atoms with Gasteiger partial charge in [0.25, 0.3) is 0 Å². The van der Waals surface area contributed by atoms with Gasteiger partial charge in [0.1, 0.15) is 6.04 Å². The van der Waals surface area contributed by atoms with Crippen LogP contribution in [0.2, 0.25) is 5.02 Å². The summed E-state index contributed by atoms with van der Waals surface area (Å²) in [6.07, 6.45) is 1.41. The van der Waals surface area contributed by atoms with E-state index in [1.807, 2.05) is 30.1 Å². The van der Waals surface area contributed by atoms with E-state index >= 15 is 0 Å². The molecule has 86 valence electrons. The summed E-state index contributed by atoms with van der Waals surface area (Å²) >= 11 is 5.93. The molecule has 0 amide bonds. The highest BCUT2D eigenvalue weighted by Crippen LogP contribution is 2.22. The molecular weight excluding hydrogens is 226 g/mol. The molecule has 4 heteroatoms. The number of benzene rings is 1. The van der Waals surface area contributed by atoms with Crippen molar-refractivity contribution in [3.63, 3.8) is 0 Å². The van der Waals surface area contributed by atoms with Crippen molar-refractivity contribution in [1.29, 1.82) is 0 Å². The van der Waals surface area contributed by atoms with E-state index in [4.69, 9.17) is 16.7 Å². The lowest BCUT2D eigenvalue weighted by atomic mass is 10.0. The number of carboxylic acids is 1. The SMILES string of the molecule is CN1CCc2ccc(Cl)cc2CC1C(=O)O. The van der Waals surface area contributed by atoms with Gasteiger partial charge in [-0.15, -0.1) is 0 Å². The molecule has 1 unspecified atom stereocenters. The number of carbonyl (C=O) groups is 1. The quantitative estimate of drug-likeness (QED) is 0.813. The molecule has 0 radical (unpaired) electrons. The summed E-state index contributed by atoms with van der Waals surface area (Å²) in [4.78, 5) is 13.0. The van der Waals surface area contributed by atoms with Gasteiger partial charge in [0.2, 0.25) is 0 Å². The molecule has 0 fully saturated rings. The van der Waals surface area contributed by atoms with Gasteiger partial charge in [-0.1, -0.05) is 17.7 Å². The minimum Gasteiger partial charge on any atom is -0.480 e. The Morgan fingerprint density at radius 2 is 2.25 bits per heavy atom. The number of halogens is 1. The molecule has 1 aliphatic rings. The number of hydrogen-bond acceptors (Lipinski definition) is 2. The first kappa shape index (κ1) is 11.4. The van der Waals surface area contributed by atoms with Gasteiger partial charge in [-0.05, 0) is 43.1 Å². The average molecular weight is 240 g/mol. The first-order valence-corrected chi connectivity index (χ1v) is 5.66. The molecule has 1 atom stereocenters. The summed E-state index contributed by atoms with van der Waals surface area (Å²) < 4.78 is 0. The Balaban J connectivity index is 2.35. The van der Waals surface area contributed by atoms with Crippen molar-refractivity contribution >= 4 is 17.6 Å². The third-order valence-electron chi connectivity index (χ3n) is 3.13. The van der Waals surface area contributed by atoms with Crippen LogP contribution in [-0.4, -0.2) is 35.6 Å². The highest BCUT2D eigenvalue weighted by Gasteiger charge is 2.26. The molecule has 3 nitrogen and oxygen atoms in total. The Morgan fingerprint density at radius 1 is 1.50 bits per heavy atom. The average Bonchev–Trinajstić information content (AvgIpc) is 2.38. The van der Waals surface area contributed by atoms with Gasteiger partial charge >= 0.3 is 5.97 Å². The van der Waals surface area contributed by atoms with Crippen LogP contribution in [0.5, 0.6) is 0 Å². The molecule has 0 saturated heterocycles. The van der Waals surface area contributed by atoms with E-state index in [1.54, 1.807) is 0 Å². The number of fused-ring (bicyclic) bond motifs is 1. The molecule has 2 rings (SSSR count). The van der Waals surface area contributed by atoms with E-state index < -0.39 is 12.0 Å². The Labute approximate surface area is 99.6 Å². The first-order valence-electron chi connectivity index (χ1n) is 5.28. The van der Waals surface area contributed by atoms with Crippen LogP contribution in [0.15, 0.2) is 18.2 Å². The van der Waals surface area contributed by atoms with Gasteiger partial charge in [0.15, 0.2) is 0 Å². The fraction of sp³-hybridized carbons (Fsp3) is 0.417. The van der Waals surface area contributed by atoms with Crippen LogP contribution in [0.1, 0.15) is 11.1 Å². The van der Waals surface area contributed by atoms with E-state index in [9.17, 15) is 4.79 Å². The van der Waals surface area contributed by atoms with Gasteiger partial charge in [0.05, 0.1) is 0 Å². The zero-order valence-corrected chi connectivity index (χ0v) is 9.87. The molecule has 0 spiro atoms. The van der Waals surface area contributed by atoms with Gasteiger partial charge in [-0.3, -0.25) is 9.69 Å². The first-order chi connectivity index (χ1) is 7.58. The minimum absolute atomic E-state index is 0.445. The number of likely N-dealkylation sites (N-methyl/N-ethyl adjacent to an activating group) is 1. The third kappa shape index (κ3) is 2.20. The van der Waals surface area contributed by atoms with Gasteiger partial charge in [0, 0.05) is 11.6 Å². The number of aliphatic carboxylic acids is 1. The van der Waals surface area contributed by atoms with Crippen LogP contribution in [0.4, 0.5) is 0 Å². The van der Waals surface area contributed by atoms with Gasteiger partial charge in [-0.2, -0.15) is 0 Å². The van der Waals surface area contributed by atoms with Crippen LogP contribution >= 0.6 is 11.6 Å². The molecule has 1 N–H and O–H groups in total. The molecule has 1 aliphatic heterocycles. The van der Waals surface area contributed by atoms with Gasteiger partial charge in [-0.25, -0.2) is 0 Å². The molecular formula is C12H14ClNO2. The Morgan fingerprint density at radius 3 is 2.94 bits per heavy atom. The second-order valence-electron chi connectivity index (χ2n) is 4.20. The zero-order chi connectivity index (χ0) is 11.7. The van der Waals surface area contributed by atoms with Crippen molar-refractivity contribution in [2.75, 3.05) is 13.6 Å². The zero-order valence-electron chi connectivity index (χ0n) is 9.11. The van der Waals surface area contributed by atoms with Crippen molar-refractivity contribution in [3.05, 3.63) is 34.3 Å². The Hall–Kier alpha value is -1.06. The van der Waals surface area contributed by atoms with E-state index in [0.29, 0.717) is 11.4 Å². The topological polar surface area (TPSA) is 40.5 Å². The maximum atomic E-state index is 11.1. The third-order valence-corrected chi connectivity index (χ3v) is 3.37. The molecule has 16 heavy (non-hydrogen) atoms. The van der Waals surface area contributed by atoms with Crippen LogP contribution in [0.3, 0.4) is 0 Å². The number of hydrogen-bond donors (Lipinski definition) is 1. The highest BCUT2D eigenvalue weighted by atomic mass is 35.5. The minimum atomic E-state index is -0.768. The normalized spacial score (nSPS) is 21.2. The summed E-state index contributed by atoms with van der Waals surface area (Å²) in [5.74, 6) is -0.768. The van der Waals surface area contributed by atoms with Crippen molar-refractivity contribution in [3.8, 4) is 0 Å². The van der Waals surface area contributed by atoms with Gasteiger partial charge < -0.3 is 5.11 Å². The molecule has 1 heterocycles. The predicted octanol–water partition coefficient (Wildman–Crippen LogP) is 1.82. The summed E-state index contributed by atoms with van der Waals surface area (Å²) in [6.45, 7) is 0.769. The largest absolute Gasteiger partial charge is 0.480 e. The fourth-order valence-corrected chi connectivity index (χ4v) is 2.32. The van der Waals surface area contributed by atoms with Crippen molar-refractivity contribution < 1.29 is 9.90 Å². The maximum Gasteiger partial charge on any atom is 0.321 e. The standard InChI is InChI=1S/C12H14ClNO2/c1-14-5-4-8-2-3-10(13)6-9(8)7-11(14)12(15)16/h2-3,6,11H,4-5,7H2,1H3,(H,15,16). The van der Waals surface area contributed by atoms with Crippen molar-refractivity contribution in [2.45, 2.75) is 18.9 Å². The molecule has 0 aromatic heterocycles. The number of rotatable bonds is 1. The summed E-state index contributed by atoms with van der Waals surface area (Å²) in [5.41, 5.74) is 2.27. The van der Waals surface area contributed by atoms with Crippen LogP contribution < -0.4 is 0 Å². The van der Waals surface area contributed by atoms with Crippen LogP contribution in [-0.2, 0) is 17.6 Å². The maximum absolute atomic E-state index is 11.1. The monoisotopic (exact) mass is 239 g/mol. The highest BCUT2D eigenvalue weighted by molar-refractivity contribution is 6.30. The lowest BCUT2D eigenvalue weighted by Gasteiger charge is -2.21. The van der Waals surface area contributed by atoms with E-state index in [-0.39, 0.29) is 0 Å². The van der Waals surface area contributed by atoms with Crippen molar-refractivity contribution in [1.82, 2.24) is 4.90 Å². The lowest BCUT2D eigenvalue weighted by Crippen LogP contribution is -2.39.